The number of rotatable bonds is 3. The Labute approximate surface area is 149 Å². The lowest BCUT2D eigenvalue weighted by Crippen LogP contribution is -2.70. The smallest absolute Gasteiger partial charge is 0.308 e. The summed E-state index contributed by atoms with van der Waals surface area (Å²) in [5.41, 5.74) is -0.596. The first-order valence-corrected chi connectivity index (χ1v) is 9.79. The van der Waals surface area contributed by atoms with E-state index in [-0.39, 0.29) is 17.8 Å². The van der Waals surface area contributed by atoms with Crippen LogP contribution < -0.4 is 0 Å². The van der Waals surface area contributed by atoms with E-state index in [1.54, 1.807) is 0 Å². The Kier molecular flexibility index (Phi) is 4.38. The van der Waals surface area contributed by atoms with Crippen LogP contribution in [0.2, 0.25) is 0 Å². The molecule has 6 heteroatoms. The maximum absolute atomic E-state index is 12.0. The van der Waals surface area contributed by atoms with Crippen molar-refractivity contribution < 1.29 is 28.8 Å². The summed E-state index contributed by atoms with van der Waals surface area (Å²) in [4.78, 5) is 23.9. The van der Waals surface area contributed by atoms with Crippen LogP contribution in [-0.4, -0.2) is 29.9 Å². The Bertz CT molecular complexity index is 538. The van der Waals surface area contributed by atoms with E-state index in [9.17, 15) is 4.79 Å². The lowest BCUT2D eigenvalue weighted by Gasteiger charge is -2.59. The first kappa shape index (κ1) is 17.7. The summed E-state index contributed by atoms with van der Waals surface area (Å²) >= 11 is 0. The molecule has 0 aromatic carbocycles. The van der Waals surface area contributed by atoms with Gasteiger partial charge in [0.15, 0.2) is 11.9 Å². The minimum atomic E-state index is -0.796. The minimum Gasteiger partial charge on any atom is -0.435 e. The summed E-state index contributed by atoms with van der Waals surface area (Å²) in [7, 11) is 0. The van der Waals surface area contributed by atoms with Crippen LogP contribution in [-0.2, 0) is 28.8 Å². The SMILES string of the molecule is CCCC(=O)O[C@H]1O[C@@H]2OC3(C)CC[C@H]4[C@H](C)CC[C@@H]([C@H]1C)[C@@]24OO3. The molecule has 0 radical (unpaired) electrons. The van der Waals surface area contributed by atoms with Crippen LogP contribution in [0.4, 0.5) is 0 Å². The molecule has 4 aliphatic heterocycles. The number of hydrogen-bond donors (Lipinski definition) is 0. The van der Waals surface area contributed by atoms with Crippen LogP contribution in [0.25, 0.3) is 0 Å². The van der Waals surface area contributed by atoms with Gasteiger partial charge >= 0.3 is 5.97 Å². The van der Waals surface area contributed by atoms with Crippen molar-refractivity contribution in [3.8, 4) is 0 Å². The average Bonchev–Trinajstić information content (AvgIpc) is 2.79. The molecule has 4 saturated heterocycles. The van der Waals surface area contributed by atoms with Gasteiger partial charge in [-0.05, 0) is 44.4 Å². The molecular formula is C19H30O6. The summed E-state index contributed by atoms with van der Waals surface area (Å²) in [6.45, 7) is 8.24. The molecule has 0 aromatic heterocycles. The fraction of sp³-hybridized carbons (Fsp3) is 0.947. The molecule has 1 aliphatic carbocycles. The molecule has 0 N–H and O–H groups in total. The van der Waals surface area contributed by atoms with Crippen molar-refractivity contribution >= 4 is 5.97 Å². The summed E-state index contributed by atoms with van der Waals surface area (Å²) < 4.78 is 18.1. The highest BCUT2D eigenvalue weighted by molar-refractivity contribution is 5.69. The van der Waals surface area contributed by atoms with Gasteiger partial charge in [0.25, 0.3) is 0 Å². The van der Waals surface area contributed by atoms with Crippen molar-refractivity contribution in [2.45, 2.75) is 90.2 Å². The van der Waals surface area contributed by atoms with Crippen LogP contribution in [0.5, 0.6) is 0 Å². The first-order chi connectivity index (χ1) is 11.9. The predicted molar refractivity (Wildman–Crippen MR) is 87.8 cm³/mol. The average molecular weight is 354 g/mol. The lowest BCUT2D eigenvalue weighted by molar-refractivity contribution is -0.576. The zero-order valence-electron chi connectivity index (χ0n) is 15.7. The Balaban J connectivity index is 1.66. The van der Waals surface area contributed by atoms with Crippen molar-refractivity contribution in [1.82, 2.24) is 0 Å². The van der Waals surface area contributed by atoms with Gasteiger partial charge in [0.05, 0.1) is 0 Å². The Morgan fingerprint density at radius 2 is 1.96 bits per heavy atom. The van der Waals surface area contributed by atoms with E-state index in [0.717, 1.165) is 32.1 Å². The third kappa shape index (κ3) is 2.64. The summed E-state index contributed by atoms with van der Waals surface area (Å²) in [5, 5.41) is 0. The Morgan fingerprint density at radius 1 is 1.16 bits per heavy atom. The molecule has 2 bridgehead atoms. The van der Waals surface area contributed by atoms with Gasteiger partial charge in [-0.25, -0.2) is 9.78 Å². The number of carbonyl (C=O) groups excluding carboxylic acids is 1. The quantitative estimate of drug-likeness (QED) is 0.571. The second kappa shape index (κ2) is 6.19. The molecule has 6 nitrogen and oxygen atoms in total. The predicted octanol–water partition coefficient (Wildman–Crippen LogP) is 3.54. The molecule has 0 aromatic rings. The maximum atomic E-state index is 12.0. The van der Waals surface area contributed by atoms with Crippen LogP contribution in [0.15, 0.2) is 0 Å². The molecule has 5 rings (SSSR count). The lowest BCUT2D eigenvalue weighted by atomic mass is 9.58. The normalized spacial score (nSPS) is 51.5. The zero-order chi connectivity index (χ0) is 17.8. The van der Waals surface area contributed by atoms with Crippen LogP contribution >= 0.6 is 0 Å². The molecule has 5 fully saturated rings. The highest BCUT2D eigenvalue weighted by atomic mass is 17.3. The topological polar surface area (TPSA) is 63.2 Å². The minimum absolute atomic E-state index is 0.0433. The third-order valence-electron chi connectivity index (χ3n) is 6.80. The summed E-state index contributed by atoms with van der Waals surface area (Å²) in [5.74, 6) is 0.0851. The van der Waals surface area contributed by atoms with Gasteiger partial charge in [0.1, 0.15) is 0 Å². The van der Waals surface area contributed by atoms with Crippen LogP contribution in [0, 0.1) is 23.7 Å². The van der Waals surface area contributed by atoms with Crippen molar-refractivity contribution in [2.24, 2.45) is 23.7 Å². The van der Waals surface area contributed by atoms with E-state index in [1.165, 1.54) is 0 Å². The van der Waals surface area contributed by atoms with Crippen molar-refractivity contribution in [2.75, 3.05) is 0 Å². The molecule has 25 heavy (non-hydrogen) atoms. The monoisotopic (exact) mass is 354 g/mol. The van der Waals surface area contributed by atoms with Crippen molar-refractivity contribution in [3.63, 3.8) is 0 Å². The van der Waals surface area contributed by atoms with Gasteiger partial charge in [0, 0.05) is 24.7 Å². The highest BCUT2D eigenvalue weighted by Gasteiger charge is 2.69. The standard InChI is InChI=1S/C19H30O6/c1-5-6-15(20)21-16-12(3)14-8-7-11(2)13-9-10-18(4)23-17(22-16)19(13,14)25-24-18/h11-14,16-17H,5-10H2,1-4H3/t11-,12-,13+,14+,16+,17-,18?,19-/m1/s1. The second-order valence-corrected chi connectivity index (χ2v) is 8.51. The third-order valence-corrected chi connectivity index (χ3v) is 6.80. The molecule has 142 valence electrons. The van der Waals surface area contributed by atoms with E-state index in [4.69, 9.17) is 24.0 Å². The van der Waals surface area contributed by atoms with Gasteiger partial charge < -0.3 is 14.2 Å². The van der Waals surface area contributed by atoms with E-state index in [2.05, 4.69) is 13.8 Å². The molecule has 1 spiro atoms. The van der Waals surface area contributed by atoms with Gasteiger partial charge in [-0.2, -0.15) is 0 Å². The first-order valence-electron chi connectivity index (χ1n) is 9.79. The fourth-order valence-electron chi connectivity index (χ4n) is 5.40. The molecule has 8 atom stereocenters. The van der Waals surface area contributed by atoms with E-state index >= 15 is 0 Å². The van der Waals surface area contributed by atoms with Crippen molar-refractivity contribution in [3.05, 3.63) is 0 Å². The molecule has 0 amide bonds. The number of hydrogen-bond acceptors (Lipinski definition) is 6. The Hall–Kier alpha value is -0.690. The number of fused-ring (bicyclic) bond motifs is 2. The zero-order valence-corrected chi connectivity index (χ0v) is 15.7. The van der Waals surface area contributed by atoms with E-state index in [1.807, 2.05) is 13.8 Å². The number of ether oxygens (including phenoxy) is 3. The van der Waals surface area contributed by atoms with Crippen LogP contribution in [0.3, 0.4) is 0 Å². The second-order valence-electron chi connectivity index (χ2n) is 8.51. The molecular weight excluding hydrogens is 324 g/mol. The van der Waals surface area contributed by atoms with Crippen molar-refractivity contribution in [1.29, 1.82) is 0 Å². The van der Waals surface area contributed by atoms with Gasteiger partial charge in [-0.15, -0.1) is 0 Å². The molecule has 1 unspecified atom stereocenters. The van der Waals surface area contributed by atoms with Gasteiger partial charge in [-0.3, -0.25) is 4.79 Å². The fourth-order valence-corrected chi connectivity index (χ4v) is 5.40. The molecule has 4 heterocycles. The van der Waals surface area contributed by atoms with Crippen LogP contribution in [0.1, 0.15) is 66.2 Å². The van der Waals surface area contributed by atoms with E-state index in [0.29, 0.717) is 18.3 Å². The van der Waals surface area contributed by atoms with E-state index < -0.39 is 24.0 Å². The number of carbonyl (C=O) groups is 1. The maximum Gasteiger partial charge on any atom is 0.308 e. The Morgan fingerprint density at radius 3 is 2.72 bits per heavy atom. The number of esters is 1. The van der Waals surface area contributed by atoms with Gasteiger partial charge in [-0.1, -0.05) is 20.8 Å². The van der Waals surface area contributed by atoms with Gasteiger partial charge in [0.2, 0.25) is 12.1 Å². The summed E-state index contributed by atoms with van der Waals surface area (Å²) in [6, 6.07) is 0. The molecule has 1 saturated carbocycles. The largest absolute Gasteiger partial charge is 0.435 e. The molecule has 5 aliphatic rings. The highest BCUT2D eigenvalue weighted by Crippen LogP contribution is 2.60. The summed E-state index contributed by atoms with van der Waals surface area (Å²) in [6.07, 6.45) is 3.97.